The Bertz CT molecular complexity index is 555. The van der Waals surface area contributed by atoms with Crippen molar-refractivity contribution in [3.05, 3.63) is 48.6 Å². The standard InChI is InChI=1S/C15H16F6N2O2/c16-14(17,18)13(15(19,20)21,9-1-5-11(22,24)6-2-9)10-3-7-12(23,25)8-4-10/h1-10,24-25H,22-23H2. The van der Waals surface area contributed by atoms with Crippen molar-refractivity contribution < 1.29 is 36.6 Å². The van der Waals surface area contributed by atoms with Gasteiger partial charge in [0.1, 0.15) is 0 Å². The third-order valence-electron chi connectivity index (χ3n) is 4.27. The molecule has 2 aliphatic carbocycles. The summed E-state index contributed by atoms with van der Waals surface area (Å²) in [5, 5.41) is 19.0. The van der Waals surface area contributed by atoms with Crippen molar-refractivity contribution in [2.45, 2.75) is 23.8 Å². The highest BCUT2D eigenvalue weighted by Crippen LogP contribution is 2.61. The van der Waals surface area contributed by atoms with E-state index in [-0.39, 0.29) is 0 Å². The zero-order valence-electron chi connectivity index (χ0n) is 12.6. The van der Waals surface area contributed by atoms with Crippen molar-refractivity contribution in [2.75, 3.05) is 0 Å². The predicted molar refractivity (Wildman–Crippen MR) is 76.4 cm³/mol. The van der Waals surface area contributed by atoms with E-state index >= 15 is 0 Å². The minimum absolute atomic E-state index is 0.575. The van der Waals surface area contributed by atoms with Gasteiger partial charge in [0.2, 0.25) is 0 Å². The summed E-state index contributed by atoms with van der Waals surface area (Å²) in [6.45, 7) is 0. The highest BCUT2D eigenvalue weighted by molar-refractivity contribution is 5.31. The first-order valence-electron chi connectivity index (χ1n) is 7.06. The fraction of sp³-hybridized carbons (Fsp3) is 0.467. The molecule has 0 saturated heterocycles. The molecule has 25 heavy (non-hydrogen) atoms. The molecule has 0 aromatic rings. The second kappa shape index (κ2) is 5.70. The van der Waals surface area contributed by atoms with Crippen LogP contribution in [0.3, 0.4) is 0 Å². The van der Waals surface area contributed by atoms with Gasteiger partial charge in [-0.1, -0.05) is 24.3 Å². The van der Waals surface area contributed by atoms with Crippen molar-refractivity contribution in [3.63, 3.8) is 0 Å². The van der Waals surface area contributed by atoms with Gasteiger partial charge in [-0.15, -0.1) is 0 Å². The molecule has 0 saturated carbocycles. The van der Waals surface area contributed by atoms with Gasteiger partial charge in [-0.2, -0.15) is 26.3 Å². The van der Waals surface area contributed by atoms with Crippen LogP contribution in [-0.2, 0) is 0 Å². The summed E-state index contributed by atoms with van der Waals surface area (Å²) in [6, 6.07) is 0. The van der Waals surface area contributed by atoms with Crippen LogP contribution in [0.15, 0.2) is 48.6 Å². The van der Waals surface area contributed by atoms with Gasteiger partial charge in [-0.3, -0.25) is 11.5 Å². The SMILES string of the molecule is NC1(O)C=CC(C(C2C=CC(N)(O)C=C2)(C(F)(F)F)C(F)(F)F)C=C1. The molecule has 0 atom stereocenters. The summed E-state index contributed by atoms with van der Waals surface area (Å²) >= 11 is 0. The normalized spacial score (nSPS) is 36.1. The lowest BCUT2D eigenvalue weighted by Crippen LogP contribution is -2.59. The molecule has 0 bridgehead atoms. The first-order valence-corrected chi connectivity index (χ1v) is 7.06. The van der Waals surface area contributed by atoms with Crippen LogP contribution in [0.4, 0.5) is 26.3 Å². The molecule has 4 nitrogen and oxygen atoms in total. The van der Waals surface area contributed by atoms with Gasteiger partial charge < -0.3 is 10.2 Å². The smallest absolute Gasteiger partial charge is 0.369 e. The van der Waals surface area contributed by atoms with Crippen LogP contribution in [0.1, 0.15) is 0 Å². The number of hydrogen-bond acceptors (Lipinski definition) is 4. The van der Waals surface area contributed by atoms with Gasteiger partial charge in [-0.25, -0.2) is 0 Å². The number of alkyl halides is 6. The Kier molecular flexibility index (Phi) is 4.49. The third kappa shape index (κ3) is 3.39. The maximum atomic E-state index is 13.8. The Labute approximate surface area is 138 Å². The lowest BCUT2D eigenvalue weighted by atomic mass is 9.62. The fourth-order valence-corrected chi connectivity index (χ4v) is 3.02. The second-order valence-corrected chi connectivity index (χ2v) is 6.13. The minimum Gasteiger partial charge on any atom is -0.369 e. The maximum absolute atomic E-state index is 13.8. The summed E-state index contributed by atoms with van der Waals surface area (Å²) in [4.78, 5) is 0. The van der Waals surface area contributed by atoms with E-state index in [1.54, 1.807) is 0 Å². The molecule has 0 heterocycles. The zero-order valence-corrected chi connectivity index (χ0v) is 12.6. The molecular formula is C15H16F6N2O2. The monoisotopic (exact) mass is 370 g/mol. The summed E-state index contributed by atoms with van der Waals surface area (Å²) in [7, 11) is 0. The van der Waals surface area contributed by atoms with Crippen LogP contribution in [0.2, 0.25) is 0 Å². The van der Waals surface area contributed by atoms with Crippen molar-refractivity contribution >= 4 is 0 Å². The lowest BCUT2D eigenvalue weighted by molar-refractivity contribution is -0.358. The summed E-state index contributed by atoms with van der Waals surface area (Å²) < 4.78 is 82.7. The van der Waals surface area contributed by atoms with Crippen molar-refractivity contribution in [3.8, 4) is 0 Å². The minimum atomic E-state index is -5.71. The van der Waals surface area contributed by atoms with Gasteiger partial charge in [0.05, 0.1) is 0 Å². The molecule has 0 aromatic carbocycles. The van der Waals surface area contributed by atoms with E-state index in [9.17, 15) is 36.6 Å². The molecule has 0 radical (unpaired) electrons. The Morgan fingerprint density at radius 2 is 0.880 bits per heavy atom. The van der Waals surface area contributed by atoms with Crippen LogP contribution in [-0.4, -0.2) is 34.0 Å². The number of rotatable bonds is 2. The van der Waals surface area contributed by atoms with E-state index in [0.29, 0.717) is 48.6 Å². The molecule has 140 valence electrons. The highest BCUT2D eigenvalue weighted by atomic mass is 19.4. The summed E-state index contributed by atoms with van der Waals surface area (Å²) in [6.07, 6.45) is -6.45. The van der Waals surface area contributed by atoms with Crippen molar-refractivity contribution in [1.29, 1.82) is 0 Å². The van der Waals surface area contributed by atoms with Crippen LogP contribution in [0.5, 0.6) is 0 Å². The predicted octanol–water partition coefficient (Wildman–Crippen LogP) is 1.88. The Morgan fingerprint density at radius 1 is 0.640 bits per heavy atom. The van der Waals surface area contributed by atoms with E-state index in [0.717, 1.165) is 0 Å². The quantitative estimate of drug-likeness (QED) is 0.339. The summed E-state index contributed by atoms with van der Waals surface area (Å²) in [5.41, 5.74) is 2.03. The molecule has 0 amide bonds. The van der Waals surface area contributed by atoms with Gasteiger partial charge in [0, 0.05) is 11.8 Å². The number of nitrogens with two attached hydrogens (primary N) is 2. The molecule has 0 aliphatic heterocycles. The number of allylic oxidation sites excluding steroid dienone is 4. The van der Waals surface area contributed by atoms with Crippen LogP contribution in [0.25, 0.3) is 0 Å². The van der Waals surface area contributed by atoms with Crippen molar-refractivity contribution in [2.24, 2.45) is 28.7 Å². The largest absolute Gasteiger partial charge is 0.404 e. The van der Waals surface area contributed by atoms with E-state index in [1.165, 1.54) is 0 Å². The molecule has 0 spiro atoms. The van der Waals surface area contributed by atoms with Crippen LogP contribution in [0, 0.1) is 17.3 Å². The number of hydrogen-bond donors (Lipinski definition) is 4. The first kappa shape index (κ1) is 19.7. The molecule has 0 unspecified atom stereocenters. The van der Waals surface area contributed by atoms with Crippen LogP contribution < -0.4 is 11.5 Å². The summed E-state index contributed by atoms with van der Waals surface area (Å²) in [5.74, 6) is -4.36. The van der Waals surface area contributed by atoms with Crippen LogP contribution >= 0.6 is 0 Å². The molecule has 2 aliphatic rings. The number of halogens is 6. The van der Waals surface area contributed by atoms with Gasteiger partial charge in [0.15, 0.2) is 16.9 Å². The molecule has 2 rings (SSSR count). The Balaban J connectivity index is 2.65. The molecule has 10 heteroatoms. The van der Waals surface area contributed by atoms with E-state index < -0.39 is 41.1 Å². The van der Waals surface area contributed by atoms with Gasteiger partial charge in [0.25, 0.3) is 0 Å². The van der Waals surface area contributed by atoms with E-state index in [2.05, 4.69) is 0 Å². The second-order valence-electron chi connectivity index (χ2n) is 6.13. The highest BCUT2D eigenvalue weighted by Gasteiger charge is 2.75. The van der Waals surface area contributed by atoms with E-state index in [4.69, 9.17) is 11.5 Å². The Hall–Kier alpha value is -1.62. The fourth-order valence-electron chi connectivity index (χ4n) is 3.02. The Morgan fingerprint density at radius 3 is 1.08 bits per heavy atom. The van der Waals surface area contributed by atoms with Crippen molar-refractivity contribution in [1.82, 2.24) is 0 Å². The van der Waals surface area contributed by atoms with E-state index in [1.807, 2.05) is 0 Å². The molecule has 0 aromatic heterocycles. The molecule has 6 N–H and O–H groups in total. The topological polar surface area (TPSA) is 92.5 Å². The van der Waals surface area contributed by atoms with Gasteiger partial charge in [-0.05, 0) is 24.3 Å². The number of aliphatic hydroxyl groups is 2. The molecular weight excluding hydrogens is 354 g/mol. The van der Waals surface area contributed by atoms with Gasteiger partial charge >= 0.3 is 12.4 Å². The average molecular weight is 370 g/mol. The first-order chi connectivity index (χ1) is 11.1. The molecule has 0 fully saturated rings. The third-order valence-corrected chi connectivity index (χ3v) is 4.27. The lowest BCUT2D eigenvalue weighted by Gasteiger charge is -2.46. The zero-order chi connectivity index (χ0) is 19.3. The maximum Gasteiger partial charge on any atom is 0.404 e. The average Bonchev–Trinajstić information content (AvgIpc) is 2.39.